The van der Waals surface area contributed by atoms with E-state index >= 15 is 0 Å². The van der Waals surface area contributed by atoms with Crippen molar-refractivity contribution in [2.75, 3.05) is 5.32 Å². The minimum absolute atomic E-state index is 0.189. The van der Waals surface area contributed by atoms with Gasteiger partial charge in [-0.3, -0.25) is 10.1 Å². The van der Waals surface area contributed by atoms with Crippen LogP contribution in [0.15, 0.2) is 18.2 Å². The number of halogens is 1. The third-order valence-corrected chi connectivity index (χ3v) is 5.10. The third kappa shape index (κ3) is 2.20. The average molecular weight is 358 g/mol. The van der Waals surface area contributed by atoms with Crippen LogP contribution in [-0.2, 0) is 0 Å². The van der Waals surface area contributed by atoms with Crippen molar-refractivity contribution in [3.8, 4) is 0 Å². The highest BCUT2D eigenvalue weighted by molar-refractivity contribution is 14.1. The van der Waals surface area contributed by atoms with E-state index in [1.807, 2.05) is 34.7 Å². The van der Waals surface area contributed by atoms with Crippen molar-refractivity contribution in [1.82, 2.24) is 0 Å². The maximum absolute atomic E-state index is 10.8. The topological polar surface area (TPSA) is 55.2 Å². The summed E-state index contributed by atoms with van der Waals surface area (Å²) < 4.78 is 0.700. The molecule has 0 spiro atoms. The van der Waals surface area contributed by atoms with Gasteiger partial charge in [0, 0.05) is 17.8 Å². The van der Waals surface area contributed by atoms with Gasteiger partial charge in [0.05, 0.1) is 8.49 Å². The van der Waals surface area contributed by atoms with Crippen LogP contribution in [0.2, 0.25) is 0 Å². The molecule has 2 aliphatic rings. The zero-order valence-corrected chi connectivity index (χ0v) is 12.1. The second kappa shape index (κ2) is 4.68. The van der Waals surface area contributed by atoms with Crippen LogP contribution < -0.4 is 5.32 Å². The van der Waals surface area contributed by atoms with Crippen LogP contribution in [0.3, 0.4) is 0 Å². The first-order valence-electron chi connectivity index (χ1n) is 6.34. The van der Waals surface area contributed by atoms with Crippen molar-refractivity contribution in [3.05, 3.63) is 31.9 Å². The molecule has 5 heteroatoms. The Morgan fingerprint density at radius 3 is 2.72 bits per heavy atom. The molecule has 2 fully saturated rings. The molecule has 3 unspecified atom stereocenters. The van der Waals surface area contributed by atoms with Crippen LogP contribution in [0.5, 0.6) is 0 Å². The fourth-order valence-electron chi connectivity index (χ4n) is 3.38. The first-order chi connectivity index (χ1) is 8.63. The van der Waals surface area contributed by atoms with Crippen molar-refractivity contribution in [1.29, 1.82) is 0 Å². The Hall–Kier alpha value is -0.850. The zero-order valence-electron chi connectivity index (χ0n) is 9.93. The second-order valence-corrected chi connectivity index (χ2v) is 6.51. The lowest BCUT2D eigenvalue weighted by molar-refractivity contribution is -0.385. The minimum atomic E-state index is -0.330. The summed E-state index contributed by atoms with van der Waals surface area (Å²) in [5, 5.41) is 14.3. The number of nitro benzene ring substituents is 1. The number of nitrogens with zero attached hydrogens (tertiary/aromatic N) is 1. The Bertz CT molecular complexity index is 492. The van der Waals surface area contributed by atoms with Gasteiger partial charge in [-0.25, -0.2) is 0 Å². The van der Waals surface area contributed by atoms with Gasteiger partial charge in [0.2, 0.25) is 0 Å². The maximum atomic E-state index is 10.8. The van der Waals surface area contributed by atoms with Gasteiger partial charge in [0.15, 0.2) is 0 Å². The summed E-state index contributed by atoms with van der Waals surface area (Å²) in [6.45, 7) is 0. The van der Waals surface area contributed by atoms with E-state index in [1.54, 1.807) is 6.07 Å². The summed E-state index contributed by atoms with van der Waals surface area (Å²) in [6, 6.07) is 5.87. The molecule has 4 nitrogen and oxygen atoms in total. The number of nitrogens with one attached hydrogen (secondary N) is 1. The van der Waals surface area contributed by atoms with Crippen LogP contribution >= 0.6 is 22.6 Å². The standard InChI is InChI=1S/C13H15IN2O2/c14-11-7-10(3-4-13(11)16(17)18)15-12-6-8-1-2-9(12)5-8/h3-4,7-9,12,15H,1-2,5-6H2. The molecule has 3 rings (SSSR count). The molecule has 0 amide bonds. The number of anilines is 1. The van der Waals surface area contributed by atoms with E-state index in [9.17, 15) is 10.1 Å². The Morgan fingerprint density at radius 1 is 1.33 bits per heavy atom. The van der Waals surface area contributed by atoms with Crippen molar-refractivity contribution >= 4 is 34.0 Å². The molecule has 3 atom stereocenters. The van der Waals surface area contributed by atoms with Gasteiger partial charge in [0.25, 0.3) is 5.69 Å². The van der Waals surface area contributed by atoms with E-state index in [1.165, 1.54) is 25.7 Å². The molecule has 96 valence electrons. The number of fused-ring (bicyclic) bond motifs is 2. The van der Waals surface area contributed by atoms with E-state index in [2.05, 4.69) is 5.32 Å². The number of rotatable bonds is 3. The first-order valence-corrected chi connectivity index (χ1v) is 7.42. The van der Waals surface area contributed by atoms with Crippen LogP contribution in [0.1, 0.15) is 25.7 Å². The fourth-order valence-corrected chi connectivity index (χ4v) is 4.09. The Morgan fingerprint density at radius 2 is 2.17 bits per heavy atom. The lowest BCUT2D eigenvalue weighted by atomic mass is 9.95. The Labute approximate surface area is 119 Å². The van der Waals surface area contributed by atoms with E-state index in [4.69, 9.17) is 0 Å². The summed E-state index contributed by atoms with van der Waals surface area (Å²) in [4.78, 5) is 10.4. The van der Waals surface area contributed by atoms with Crippen LogP contribution in [-0.4, -0.2) is 11.0 Å². The molecule has 2 saturated carbocycles. The van der Waals surface area contributed by atoms with E-state index in [0.29, 0.717) is 9.61 Å². The maximum Gasteiger partial charge on any atom is 0.282 e. The quantitative estimate of drug-likeness (QED) is 0.508. The molecule has 0 saturated heterocycles. The summed E-state index contributed by atoms with van der Waals surface area (Å²) in [5.41, 5.74) is 1.21. The third-order valence-electron chi connectivity index (χ3n) is 4.23. The molecule has 1 aromatic carbocycles. The molecule has 18 heavy (non-hydrogen) atoms. The smallest absolute Gasteiger partial charge is 0.282 e. The van der Waals surface area contributed by atoms with Gasteiger partial charge in [-0.15, -0.1) is 0 Å². The molecule has 2 aliphatic carbocycles. The van der Waals surface area contributed by atoms with Crippen LogP contribution in [0, 0.1) is 25.5 Å². The highest BCUT2D eigenvalue weighted by Gasteiger charge is 2.39. The number of benzene rings is 1. The van der Waals surface area contributed by atoms with Crippen molar-refractivity contribution in [2.45, 2.75) is 31.7 Å². The lowest BCUT2D eigenvalue weighted by Gasteiger charge is -2.24. The molecule has 1 aromatic rings. The monoisotopic (exact) mass is 358 g/mol. The highest BCUT2D eigenvalue weighted by atomic mass is 127. The Kier molecular flexibility index (Phi) is 3.17. The summed E-state index contributed by atoms with van der Waals surface area (Å²) >= 11 is 2.03. The van der Waals surface area contributed by atoms with Gasteiger partial charge in [0.1, 0.15) is 0 Å². The van der Waals surface area contributed by atoms with Gasteiger partial charge in [-0.1, -0.05) is 6.42 Å². The van der Waals surface area contributed by atoms with Gasteiger partial charge in [-0.05, 0) is 65.8 Å². The molecule has 0 aromatic heterocycles. The SMILES string of the molecule is O=[N+]([O-])c1ccc(NC2CC3CCC2C3)cc1I. The fraction of sp³-hybridized carbons (Fsp3) is 0.538. The second-order valence-electron chi connectivity index (χ2n) is 5.35. The molecule has 0 radical (unpaired) electrons. The predicted octanol–water partition coefficient (Wildman–Crippen LogP) is 3.80. The molecule has 2 bridgehead atoms. The number of nitro groups is 1. The minimum Gasteiger partial charge on any atom is -0.382 e. The number of hydrogen-bond donors (Lipinski definition) is 1. The van der Waals surface area contributed by atoms with Crippen molar-refractivity contribution in [2.24, 2.45) is 11.8 Å². The van der Waals surface area contributed by atoms with Crippen LogP contribution in [0.25, 0.3) is 0 Å². The van der Waals surface area contributed by atoms with Gasteiger partial charge < -0.3 is 5.32 Å². The van der Waals surface area contributed by atoms with Crippen molar-refractivity contribution in [3.63, 3.8) is 0 Å². The van der Waals surface area contributed by atoms with E-state index in [-0.39, 0.29) is 10.6 Å². The zero-order chi connectivity index (χ0) is 12.7. The molecule has 1 N–H and O–H groups in total. The predicted molar refractivity (Wildman–Crippen MR) is 78.7 cm³/mol. The molecular formula is C13H15IN2O2. The molecular weight excluding hydrogens is 343 g/mol. The van der Waals surface area contributed by atoms with Gasteiger partial charge in [-0.2, -0.15) is 0 Å². The molecule has 0 aliphatic heterocycles. The van der Waals surface area contributed by atoms with E-state index < -0.39 is 0 Å². The first kappa shape index (κ1) is 12.2. The summed E-state index contributed by atoms with van der Waals surface area (Å²) in [7, 11) is 0. The summed E-state index contributed by atoms with van der Waals surface area (Å²) in [5.74, 6) is 1.72. The Balaban J connectivity index is 1.74. The normalized spacial score (nSPS) is 29.5. The molecule has 0 heterocycles. The highest BCUT2D eigenvalue weighted by Crippen LogP contribution is 2.45. The van der Waals surface area contributed by atoms with Crippen molar-refractivity contribution < 1.29 is 4.92 Å². The van der Waals surface area contributed by atoms with Crippen LogP contribution in [0.4, 0.5) is 11.4 Å². The lowest BCUT2D eigenvalue weighted by Crippen LogP contribution is -2.25. The van der Waals surface area contributed by atoms with Gasteiger partial charge >= 0.3 is 0 Å². The largest absolute Gasteiger partial charge is 0.382 e. The van der Waals surface area contributed by atoms with E-state index in [0.717, 1.165) is 17.5 Å². The number of hydrogen-bond acceptors (Lipinski definition) is 3. The average Bonchev–Trinajstić information content (AvgIpc) is 2.90. The summed E-state index contributed by atoms with van der Waals surface area (Å²) in [6.07, 6.45) is 5.35.